The Balaban J connectivity index is 3.60. The lowest BCUT2D eigenvalue weighted by molar-refractivity contribution is 0.858. The van der Waals surface area contributed by atoms with Gasteiger partial charge in [0.15, 0.2) is 5.13 Å². The average molecular weight is 324 g/mol. The van der Waals surface area contributed by atoms with Gasteiger partial charge in [-0.15, -0.1) is 0 Å². The molecule has 0 bridgehead atoms. The highest BCUT2D eigenvalue weighted by molar-refractivity contribution is 9.13. The molecule has 12 heavy (non-hydrogen) atoms. The van der Waals surface area contributed by atoms with Gasteiger partial charge in [-0.05, 0) is 45.6 Å². The Morgan fingerprint density at radius 1 is 1.58 bits per heavy atom. The third kappa shape index (κ3) is 2.20. The molecule has 2 nitrogen and oxygen atoms in total. The van der Waals surface area contributed by atoms with E-state index in [2.05, 4.69) is 36.8 Å². The molecular formula is C7H10Br2N2S. The van der Waals surface area contributed by atoms with Gasteiger partial charge in [-0.1, -0.05) is 11.3 Å². The zero-order valence-corrected chi connectivity index (χ0v) is 9.55. The second-order valence-corrected chi connectivity index (χ2v) is 4.67. The van der Waals surface area contributed by atoms with E-state index in [9.17, 15) is 0 Å². The van der Waals surface area contributed by atoms with Crippen molar-refractivity contribution >= 4 is 48.3 Å². The molecule has 5 heteroatoms. The maximum atomic E-state index is 7.76. The van der Waals surface area contributed by atoms with Crippen LogP contribution in [0.2, 0.25) is 0 Å². The minimum atomic E-state index is -3.30. The molecule has 0 saturated heterocycles. The number of hydrogen-bond acceptors (Lipinski definition) is 3. The van der Waals surface area contributed by atoms with Crippen molar-refractivity contribution in [1.82, 2.24) is 4.98 Å². The Morgan fingerprint density at radius 3 is 2.67 bits per heavy atom. The Kier molecular flexibility index (Phi) is 1.22. The molecule has 0 aliphatic carbocycles. The summed E-state index contributed by atoms with van der Waals surface area (Å²) in [6, 6.07) is 0. The highest BCUT2D eigenvalue weighted by Gasteiger charge is 2.10. The van der Waals surface area contributed by atoms with Gasteiger partial charge < -0.3 is 4.90 Å². The van der Waals surface area contributed by atoms with Gasteiger partial charge in [-0.3, -0.25) is 0 Å². The normalized spacial score (nSPS) is 27.2. The molecule has 0 atom stereocenters. The molecule has 1 aromatic rings. The van der Waals surface area contributed by atoms with Crippen LogP contribution in [0.1, 0.15) is 27.4 Å². The first-order chi connectivity index (χ1) is 9.53. The monoisotopic (exact) mass is 322 g/mol. The summed E-state index contributed by atoms with van der Waals surface area (Å²) in [6.07, 6.45) is 0. The van der Waals surface area contributed by atoms with Crippen molar-refractivity contribution in [2.75, 3.05) is 17.9 Å². The minimum absolute atomic E-state index is 0.0557. The van der Waals surface area contributed by atoms with Crippen LogP contribution in [0.5, 0.6) is 0 Å². The van der Waals surface area contributed by atoms with E-state index in [-0.39, 0.29) is 9.50 Å². The van der Waals surface area contributed by atoms with Crippen LogP contribution in [-0.2, 0) is 0 Å². The summed E-state index contributed by atoms with van der Waals surface area (Å²) in [7, 11) is 0. The lowest BCUT2D eigenvalue weighted by Gasteiger charge is -2.16. The molecule has 0 fully saturated rings. The maximum absolute atomic E-state index is 7.76. The van der Waals surface area contributed by atoms with Gasteiger partial charge in [0, 0.05) is 26.7 Å². The highest BCUT2D eigenvalue weighted by Crippen LogP contribution is 2.33. The van der Waals surface area contributed by atoms with E-state index < -0.39 is 31.8 Å². The smallest absolute Gasteiger partial charge is 0.187 e. The highest BCUT2D eigenvalue weighted by atomic mass is 79.9. The largest absolute Gasteiger partial charge is 0.349 e. The molecule has 0 spiro atoms. The van der Waals surface area contributed by atoms with Gasteiger partial charge in [-0.2, -0.15) is 0 Å². The lowest BCUT2D eigenvalue weighted by Crippen LogP contribution is -2.21. The van der Waals surface area contributed by atoms with Crippen LogP contribution in [0.3, 0.4) is 0 Å². The number of hydrogen-bond donors (Lipinski definition) is 0. The van der Waals surface area contributed by atoms with Gasteiger partial charge in [0.1, 0.15) is 8.39 Å². The molecule has 0 unspecified atom stereocenters. The number of halogens is 2. The van der Waals surface area contributed by atoms with Crippen LogP contribution in [-0.4, -0.2) is 18.0 Å². The van der Waals surface area contributed by atoms with Crippen molar-refractivity contribution in [3.63, 3.8) is 0 Å². The van der Waals surface area contributed by atoms with E-state index in [0.717, 1.165) is 0 Å². The Bertz CT molecular complexity index is 505. The molecule has 0 saturated carbocycles. The van der Waals surface area contributed by atoms with Crippen molar-refractivity contribution in [2.45, 2.75) is 13.7 Å². The second kappa shape index (κ2) is 4.58. The van der Waals surface area contributed by atoms with Crippen LogP contribution >= 0.6 is 43.2 Å². The molecule has 0 aliphatic heterocycles. The SMILES string of the molecule is [2H]C([2H])([2H])C([2H])([2H])N(c1nc(Br)c(Br)s1)C([2H])([2H])C([2H])([2H])[2H]. The minimum Gasteiger partial charge on any atom is -0.349 e. The quantitative estimate of drug-likeness (QED) is 0.846. The topological polar surface area (TPSA) is 16.1 Å². The summed E-state index contributed by atoms with van der Waals surface area (Å²) < 4.78 is 75.3. The molecule has 1 heterocycles. The predicted octanol–water partition coefficient (Wildman–Crippen LogP) is 3.51. The van der Waals surface area contributed by atoms with Crippen molar-refractivity contribution in [2.24, 2.45) is 0 Å². The van der Waals surface area contributed by atoms with Crippen LogP contribution in [0.15, 0.2) is 8.39 Å². The van der Waals surface area contributed by atoms with Crippen LogP contribution in [0.25, 0.3) is 0 Å². The van der Waals surface area contributed by atoms with Crippen LogP contribution in [0, 0.1) is 0 Å². The van der Waals surface area contributed by atoms with E-state index in [0.29, 0.717) is 15.1 Å². The fourth-order valence-electron chi connectivity index (χ4n) is 0.492. The van der Waals surface area contributed by atoms with Gasteiger partial charge in [0.2, 0.25) is 0 Å². The zero-order valence-electron chi connectivity index (χ0n) is 15.6. The van der Waals surface area contributed by atoms with Crippen molar-refractivity contribution in [3.05, 3.63) is 8.39 Å². The summed E-state index contributed by atoms with van der Waals surface area (Å²) in [5.74, 6) is 0. The summed E-state index contributed by atoms with van der Waals surface area (Å²) in [5.41, 5.74) is 0. The van der Waals surface area contributed by atoms with Gasteiger partial charge in [-0.25, -0.2) is 4.98 Å². The first kappa shape index (κ1) is 3.21. The third-order valence-electron chi connectivity index (χ3n) is 0.952. The standard InChI is InChI=1S/C7H10Br2N2S/c1-3-11(4-2)7-10-5(8)6(9)12-7/h3-4H2,1-2H3/i1D3,2D3,3D2,4D2. The Morgan fingerprint density at radius 2 is 2.25 bits per heavy atom. The summed E-state index contributed by atoms with van der Waals surface area (Å²) >= 11 is 6.81. The van der Waals surface area contributed by atoms with E-state index >= 15 is 0 Å². The van der Waals surface area contributed by atoms with Crippen LogP contribution < -0.4 is 4.90 Å². The second-order valence-electron chi connectivity index (χ2n) is 1.62. The first-order valence-electron chi connectivity index (χ1n) is 7.65. The van der Waals surface area contributed by atoms with Crippen LogP contribution in [0.4, 0.5) is 5.13 Å². The first-order valence-corrected chi connectivity index (χ1v) is 5.06. The fourth-order valence-corrected chi connectivity index (χ4v) is 2.15. The molecule has 0 radical (unpaired) electrons. The molecule has 0 amide bonds. The van der Waals surface area contributed by atoms with E-state index in [1.807, 2.05) is 0 Å². The number of nitrogens with zero attached hydrogens (tertiary/aromatic N) is 2. The van der Waals surface area contributed by atoms with Gasteiger partial charge in [0.25, 0.3) is 0 Å². The summed E-state index contributed by atoms with van der Waals surface area (Å²) in [6.45, 7) is -13.2. The van der Waals surface area contributed by atoms with Crippen molar-refractivity contribution < 1.29 is 13.7 Å². The fraction of sp³-hybridized carbons (Fsp3) is 0.571. The van der Waals surface area contributed by atoms with Gasteiger partial charge >= 0.3 is 0 Å². The molecular weight excluding hydrogens is 304 g/mol. The number of anilines is 1. The third-order valence-corrected chi connectivity index (χ3v) is 4.01. The number of thiazole rings is 1. The molecule has 0 aliphatic rings. The van der Waals surface area contributed by atoms with Crippen molar-refractivity contribution in [3.8, 4) is 0 Å². The maximum Gasteiger partial charge on any atom is 0.187 e. The van der Waals surface area contributed by atoms with E-state index in [4.69, 9.17) is 13.7 Å². The molecule has 1 rings (SSSR count). The summed E-state index contributed by atoms with van der Waals surface area (Å²) in [5, 5.41) is -0.416. The molecule has 0 N–H and O–H groups in total. The van der Waals surface area contributed by atoms with Gasteiger partial charge in [0.05, 0.1) is 0 Å². The Hall–Kier alpha value is 0.390. The van der Waals surface area contributed by atoms with E-state index in [1.165, 1.54) is 0 Å². The average Bonchev–Trinajstić information content (AvgIpc) is 2.54. The number of aromatic nitrogens is 1. The molecule has 0 aromatic carbocycles. The zero-order chi connectivity index (χ0) is 17.7. The lowest BCUT2D eigenvalue weighted by atomic mass is 10.6. The van der Waals surface area contributed by atoms with E-state index in [1.54, 1.807) is 0 Å². The van der Waals surface area contributed by atoms with Crippen molar-refractivity contribution in [1.29, 1.82) is 0 Å². The predicted molar refractivity (Wildman–Crippen MR) is 61.1 cm³/mol. The molecule has 68 valence electrons. The molecule has 1 aromatic heterocycles. The number of rotatable bonds is 3. The summed E-state index contributed by atoms with van der Waals surface area (Å²) in [4.78, 5) is 3.86. The Labute approximate surface area is 107 Å².